The highest BCUT2D eigenvalue weighted by Gasteiger charge is 2.44. The Labute approximate surface area is 112 Å². The second-order valence-electron chi connectivity index (χ2n) is 4.52. The predicted molar refractivity (Wildman–Crippen MR) is 67.2 cm³/mol. The first-order valence-electron chi connectivity index (χ1n) is 5.91. The summed E-state index contributed by atoms with van der Waals surface area (Å²) in [5.74, 6) is 0.119. The quantitative estimate of drug-likeness (QED) is 0.403. The van der Waals surface area contributed by atoms with Crippen LogP contribution in [0.25, 0.3) is 11.0 Å². The zero-order chi connectivity index (χ0) is 14.4. The number of ether oxygens (including phenoxy) is 1. The molecule has 10 heteroatoms. The molecule has 2 aromatic rings. The average molecular weight is 282 g/mol. The van der Waals surface area contributed by atoms with Crippen LogP contribution in [0.4, 0.5) is 11.8 Å². The van der Waals surface area contributed by atoms with Crippen molar-refractivity contribution in [3.8, 4) is 0 Å². The topological polar surface area (TPSA) is 166 Å². The third-order valence-electron chi connectivity index (χ3n) is 3.26. The van der Waals surface area contributed by atoms with Gasteiger partial charge in [0.05, 0.1) is 18.2 Å². The Kier molecular flexibility index (Phi) is 2.94. The summed E-state index contributed by atoms with van der Waals surface area (Å²) in [4.78, 5) is 7.81. The molecule has 10 nitrogen and oxygen atoms in total. The van der Waals surface area contributed by atoms with E-state index in [9.17, 15) is 10.2 Å². The van der Waals surface area contributed by atoms with Crippen molar-refractivity contribution in [3.63, 3.8) is 0 Å². The number of anilines is 2. The molecular weight excluding hydrogens is 268 g/mol. The number of nitrogen functional groups attached to an aromatic ring is 2. The van der Waals surface area contributed by atoms with E-state index in [0.29, 0.717) is 5.39 Å². The highest BCUT2D eigenvalue weighted by atomic mass is 16.6. The molecule has 0 bridgehead atoms. The number of fused-ring (bicyclic) bond motifs is 1. The van der Waals surface area contributed by atoms with Gasteiger partial charge in [-0.1, -0.05) is 0 Å². The first-order valence-corrected chi connectivity index (χ1v) is 5.91. The monoisotopic (exact) mass is 282 g/mol. The molecule has 1 saturated heterocycles. The molecule has 0 radical (unpaired) electrons. The van der Waals surface area contributed by atoms with E-state index in [1.54, 1.807) is 0 Å². The minimum absolute atomic E-state index is 0.0384. The summed E-state index contributed by atoms with van der Waals surface area (Å²) in [6.07, 6.45) is -2.95. The first-order chi connectivity index (χ1) is 9.52. The van der Waals surface area contributed by atoms with Gasteiger partial charge < -0.3 is 31.5 Å². The van der Waals surface area contributed by atoms with E-state index in [0.717, 1.165) is 0 Å². The van der Waals surface area contributed by atoms with E-state index in [1.807, 2.05) is 0 Å². The second kappa shape index (κ2) is 4.52. The zero-order valence-electron chi connectivity index (χ0n) is 10.3. The van der Waals surface area contributed by atoms with Gasteiger partial charge in [0.25, 0.3) is 0 Å². The summed E-state index contributed by atoms with van der Waals surface area (Å²) >= 11 is 0. The molecule has 4 atom stereocenters. The maximum Gasteiger partial charge on any atom is 0.224 e. The van der Waals surface area contributed by atoms with Crippen molar-refractivity contribution < 1.29 is 20.1 Å². The van der Waals surface area contributed by atoms with Crippen LogP contribution in [-0.2, 0) is 4.74 Å². The van der Waals surface area contributed by atoms with Crippen molar-refractivity contribution in [2.75, 3.05) is 18.1 Å². The number of rotatable bonds is 2. The van der Waals surface area contributed by atoms with Crippen molar-refractivity contribution in [3.05, 3.63) is 6.20 Å². The normalized spacial score (nSPS) is 30.1. The summed E-state index contributed by atoms with van der Waals surface area (Å²) in [5.41, 5.74) is 11.5. The van der Waals surface area contributed by atoms with Gasteiger partial charge >= 0.3 is 0 Å². The van der Waals surface area contributed by atoms with Gasteiger partial charge in [-0.05, 0) is 0 Å². The third-order valence-corrected chi connectivity index (χ3v) is 3.26. The lowest BCUT2D eigenvalue weighted by molar-refractivity contribution is -0.0566. The summed E-state index contributed by atoms with van der Waals surface area (Å²) in [5, 5.41) is 33.3. The SMILES string of the molecule is Nc1nc(N)c2cnn([C@@H]3O[C@H](CO)C(O)[C@@H]3O)c2n1. The van der Waals surface area contributed by atoms with E-state index >= 15 is 0 Å². The molecule has 1 aliphatic heterocycles. The fraction of sp³-hybridized carbons (Fsp3) is 0.500. The van der Waals surface area contributed by atoms with Crippen LogP contribution in [0.2, 0.25) is 0 Å². The molecule has 3 heterocycles. The van der Waals surface area contributed by atoms with E-state index in [-0.39, 0.29) is 17.4 Å². The molecule has 20 heavy (non-hydrogen) atoms. The Morgan fingerprint density at radius 3 is 2.65 bits per heavy atom. The van der Waals surface area contributed by atoms with Crippen LogP contribution in [0.5, 0.6) is 0 Å². The first kappa shape index (κ1) is 13.0. The molecule has 108 valence electrons. The predicted octanol–water partition coefficient (Wildman–Crippen LogP) is -2.40. The van der Waals surface area contributed by atoms with Crippen LogP contribution in [0.3, 0.4) is 0 Å². The summed E-state index contributed by atoms with van der Waals surface area (Å²) in [7, 11) is 0. The van der Waals surface area contributed by atoms with E-state index in [4.69, 9.17) is 21.3 Å². The largest absolute Gasteiger partial charge is 0.394 e. The molecule has 0 spiro atoms. The Bertz CT molecular complexity index is 646. The summed E-state index contributed by atoms with van der Waals surface area (Å²) < 4.78 is 6.63. The maximum absolute atomic E-state index is 9.98. The Hall–Kier alpha value is -2.01. The minimum atomic E-state index is -1.26. The number of hydrogen-bond donors (Lipinski definition) is 5. The second-order valence-corrected chi connectivity index (χ2v) is 4.52. The lowest BCUT2D eigenvalue weighted by Gasteiger charge is -2.15. The Morgan fingerprint density at radius 1 is 1.25 bits per heavy atom. The fourth-order valence-corrected chi connectivity index (χ4v) is 2.23. The van der Waals surface area contributed by atoms with Gasteiger partial charge in [0, 0.05) is 0 Å². The van der Waals surface area contributed by atoms with Crippen molar-refractivity contribution >= 4 is 22.8 Å². The number of nitrogens with zero attached hydrogens (tertiary/aromatic N) is 4. The van der Waals surface area contributed by atoms with Gasteiger partial charge in [-0.15, -0.1) is 0 Å². The van der Waals surface area contributed by atoms with E-state index in [2.05, 4.69) is 15.1 Å². The van der Waals surface area contributed by atoms with Crippen LogP contribution in [0, 0.1) is 0 Å². The standard InChI is InChI=1S/C10H14N6O4/c11-7-3-1-13-16(8(3)15-10(12)14-7)9-6(19)5(18)4(2-17)20-9/h1,4-6,9,17-19H,2H2,(H4,11,12,14,15)/t4-,5?,6+,9-/m1/s1. The van der Waals surface area contributed by atoms with Crippen LogP contribution in [0.1, 0.15) is 6.23 Å². The lowest BCUT2D eigenvalue weighted by Crippen LogP contribution is -2.33. The number of aromatic nitrogens is 4. The molecule has 1 fully saturated rings. The third kappa shape index (κ3) is 1.78. The molecule has 0 aromatic carbocycles. The number of nitrogens with two attached hydrogens (primary N) is 2. The molecule has 1 unspecified atom stereocenters. The van der Waals surface area contributed by atoms with Gasteiger partial charge in [-0.3, -0.25) is 0 Å². The molecule has 0 amide bonds. The van der Waals surface area contributed by atoms with Gasteiger partial charge in [-0.25, -0.2) is 4.68 Å². The van der Waals surface area contributed by atoms with Crippen molar-refractivity contribution in [1.82, 2.24) is 19.7 Å². The molecule has 1 aliphatic rings. The van der Waals surface area contributed by atoms with Crippen molar-refractivity contribution in [2.45, 2.75) is 24.5 Å². The van der Waals surface area contributed by atoms with Gasteiger partial charge in [0.15, 0.2) is 11.9 Å². The lowest BCUT2D eigenvalue weighted by atomic mass is 10.1. The highest BCUT2D eigenvalue weighted by molar-refractivity contribution is 5.86. The Morgan fingerprint density at radius 2 is 2.00 bits per heavy atom. The van der Waals surface area contributed by atoms with E-state index in [1.165, 1.54) is 10.9 Å². The van der Waals surface area contributed by atoms with Gasteiger partial charge in [-0.2, -0.15) is 15.1 Å². The molecule has 3 rings (SSSR count). The van der Waals surface area contributed by atoms with Gasteiger partial charge in [0.1, 0.15) is 24.1 Å². The van der Waals surface area contributed by atoms with E-state index < -0.39 is 31.1 Å². The molecule has 2 aromatic heterocycles. The number of aliphatic hydroxyl groups excluding tert-OH is 3. The van der Waals surface area contributed by atoms with Crippen molar-refractivity contribution in [1.29, 1.82) is 0 Å². The van der Waals surface area contributed by atoms with Crippen LogP contribution >= 0.6 is 0 Å². The van der Waals surface area contributed by atoms with Crippen molar-refractivity contribution in [2.24, 2.45) is 0 Å². The fourth-order valence-electron chi connectivity index (χ4n) is 2.23. The van der Waals surface area contributed by atoms with Crippen LogP contribution in [-0.4, -0.2) is 60.0 Å². The zero-order valence-corrected chi connectivity index (χ0v) is 10.3. The molecule has 0 saturated carbocycles. The van der Waals surface area contributed by atoms with Crippen LogP contribution in [0.15, 0.2) is 6.20 Å². The number of hydrogen-bond acceptors (Lipinski definition) is 9. The number of aliphatic hydroxyl groups is 3. The molecular formula is C10H14N6O4. The Balaban J connectivity index is 2.07. The highest BCUT2D eigenvalue weighted by Crippen LogP contribution is 2.31. The minimum Gasteiger partial charge on any atom is -0.394 e. The smallest absolute Gasteiger partial charge is 0.224 e. The van der Waals surface area contributed by atoms with Crippen LogP contribution < -0.4 is 11.5 Å². The molecule has 7 N–H and O–H groups in total. The summed E-state index contributed by atoms with van der Waals surface area (Å²) in [6.45, 7) is -0.423. The maximum atomic E-state index is 9.98. The molecule has 0 aliphatic carbocycles. The van der Waals surface area contributed by atoms with Gasteiger partial charge in [0.2, 0.25) is 5.95 Å². The average Bonchev–Trinajstić information content (AvgIpc) is 2.93. The summed E-state index contributed by atoms with van der Waals surface area (Å²) in [6, 6.07) is 0.